The molecule has 2 unspecified atom stereocenters. The van der Waals surface area contributed by atoms with Gasteiger partial charge in [0.05, 0.1) is 34.2 Å². The van der Waals surface area contributed by atoms with Gasteiger partial charge in [-0.3, -0.25) is 9.98 Å². The molecule has 2 atom stereocenters. The SMILES string of the molecule is C=C/C=C(\C=C)c1cc(-c2ccccc2)c2c(n1)C1=C(CC2)C(c2cccc(-c3cccc(C4N=C(c5ccccc5)NC5=C4CCc4c(-c6ccccc6)cc(-c6ccccc6)nc45)c3)c2)N=C(c2ccccc2)N1. The number of allylic oxidation sites excluding steroid dienone is 4. The molecule has 6 heteroatoms. The minimum Gasteiger partial charge on any atom is -0.338 e. The van der Waals surface area contributed by atoms with E-state index in [1.54, 1.807) is 6.08 Å². The first-order valence-corrected chi connectivity index (χ1v) is 26.3. The van der Waals surface area contributed by atoms with Crippen LogP contribution >= 0.6 is 0 Å². The molecule has 76 heavy (non-hydrogen) atoms. The van der Waals surface area contributed by atoms with Crippen molar-refractivity contribution < 1.29 is 0 Å². The molecule has 0 fully saturated rings. The summed E-state index contributed by atoms with van der Waals surface area (Å²) < 4.78 is 0. The van der Waals surface area contributed by atoms with Crippen molar-refractivity contribution in [2.45, 2.75) is 37.8 Å². The number of rotatable bonds is 11. The summed E-state index contributed by atoms with van der Waals surface area (Å²) in [6.45, 7) is 8.18. The number of hydrogen-bond donors (Lipinski definition) is 2. The fourth-order valence-corrected chi connectivity index (χ4v) is 11.5. The number of nitrogens with zero attached hydrogens (tertiary/aromatic N) is 4. The smallest absolute Gasteiger partial charge is 0.133 e. The van der Waals surface area contributed by atoms with Crippen LogP contribution in [0.3, 0.4) is 0 Å². The number of amidine groups is 2. The summed E-state index contributed by atoms with van der Waals surface area (Å²) in [6.07, 6.45) is 9.00. The molecule has 9 aromatic rings. The van der Waals surface area contributed by atoms with Crippen molar-refractivity contribution in [2.24, 2.45) is 9.98 Å². The Labute approximate surface area is 444 Å². The van der Waals surface area contributed by atoms with Gasteiger partial charge in [-0.05, 0) is 122 Å². The van der Waals surface area contributed by atoms with Crippen molar-refractivity contribution in [1.29, 1.82) is 0 Å². The molecule has 7 aromatic carbocycles. The molecule has 4 heterocycles. The van der Waals surface area contributed by atoms with Crippen molar-refractivity contribution in [3.8, 4) is 44.6 Å². The van der Waals surface area contributed by atoms with Crippen LogP contribution in [0.25, 0.3) is 61.6 Å². The van der Waals surface area contributed by atoms with Gasteiger partial charge in [0, 0.05) is 16.7 Å². The lowest BCUT2D eigenvalue weighted by molar-refractivity contribution is 0.732. The number of pyridine rings is 2. The topological polar surface area (TPSA) is 74.6 Å². The Morgan fingerprint density at radius 2 is 0.842 bits per heavy atom. The van der Waals surface area contributed by atoms with Crippen LogP contribution in [0.4, 0.5) is 0 Å². The van der Waals surface area contributed by atoms with Crippen LogP contribution in [-0.4, -0.2) is 21.6 Å². The van der Waals surface area contributed by atoms with E-state index < -0.39 is 0 Å². The van der Waals surface area contributed by atoms with Crippen LogP contribution in [0.15, 0.2) is 265 Å². The third kappa shape index (κ3) is 8.63. The summed E-state index contributed by atoms with van der Waals surface area (Å²) in [4.78, 5) is 22.2. The maximum Gasteiger partial charge on any atom is 0.133 e. The first-order valence-electron chi connectivity index (χ1n) is 26.3. The third-order valence-corrected chi connectivity index (χ3v) is 15.2. The highest BCUT2D eigenvalue weighted by atomic mass is 15.1. The molecule has 0 spiro atoms. The van der Waals surface area contributed by atoms with Gasteiger partial charge in [-0.1, -0.05) is 219 Å². The molecule has 0 saturated carbocycles. The molecule has 364 valence electrons. The average molecular weight is 979 g/mol. The molecule has 2 aliphatic carbocycles. The Morgan fingerprint density at radius 3 is 1.30 bits per heavy atom. The van der Waals surface area contributed by atoms with E-state index in [4.69, 9.17) is 20.0 Å². The number of aromatic nitrogens is 2. The second kappa shape index (κ2) is 20.1. The minimum absolute atomic E-state index is 0.233. The van der Waals surface area contributed by atoms with Crippen LogP contribution in [0, 0.1) is 0 Å². The van der Waals surface area contributed by atoms with Crippen molar-refractivity contribution >= 4 is 28.6 Å². The predicted molar refractivity (Wildman–Crippen MR) is 313 cm³/mol. The molecule has 0 saturated heterocycles. The first kappa shape index (κ1) is 46.3. The lowest BCUT2D eigenvalue weighted by Gasteiger charge is -2.34. The van der Waals surface area contributed by atoms with Crippen molar-refractivity contribution in [1.82, 2.24) is 20.6 Å². The number of nitrogens with one attached hydrogen (secondary N) is 2. The maximum absolute atomic E-state index is 5.59. The van der Waals surface area contributed by atoms with Gasteiger partial charge < -0.3 is 10.6 Å². The van der Waals surface area contributed by atoms with E-state index in [2.05, 4.69) is 230 Å². The van der Waals surface area contributed by atoms with E-state index >= 15 is 0 Å². The number of benzene rings is 7. The Kier molecular flexibility index (Phi) is 12.2. The monoisotopic (exact) mass is 978 g/mol. The molecular formula is C70H54N6. The van der Waals surface area contributed by atoms with E-state index in [-0.39, 0.29) is 12.1 Å². The Balaban J connectivity index is 0.929. The van der Waals surface area contributed by atoms with Crippen molar-refractivity contribution in [2.75, 3.05) is 0 Å². The molecule has 6 nitrogen and oxygen atoms in total. The van der Waals surface area contributed by atoms with Gasteiger partial charge in [0.1, 0.15) is 23.8 Å². The van der Waals surface area contributed by atoms with Gasteiger partial charge in [-0.25, -0.2) is 9.97 Å². The quantitative estimate of drug-likeness (QED) is 0.127. The highest BCUT2D eigenvalue weighted by Gasteiger charge is 2.36. The first-order chi connectivity index (χ1) is 37.6. The summed E-state index contributed by atoms with van der Waals surface area (Å²) in [7, 11) is 0. The van der Waals surface area contributed by atoms with Crippen LogP contribution in [0.5, 0.6) is 0 Å². The number of hydrogen-bond acceptors (Lipinski definition) is 6. The number of fused-ring (bicyclic) bond motifs is 4. The normalized spacial score (nSPS) is 16.7. The van der Waals surface area contributed by atoms with Crippen LogP contribution in [-0.2, 0) is 12.8 Å². The summed E-state index contributed by atoms with van der Waals surface area (Å²) in [5.74, 6) is 1.66. The second-order valence-corrected chi connectivity index (χ2v) is 19.7. The zero-order valence-corrected chi connectivity index (χ0v) is 42.1. The molecule has 2 N–H and O–H groups in total. The maximum atomic E-state index is 5.59. The lowest BCUT2D eigenvalue weighted by Crippen LogP contribution is -2.33. The van der Waals surface area contributed by atoms with Crippen molar-refractivity contribution in [3.05, 3.63) is 305 Å². The molecular weight excluding hydrogens is 925 g/mol. The van der Waals surface area contributed by atoms with Gasteiger partial charge in [0.15, 0.2) is 0 Å². The molecule has 13 rings (SSSR count). The highest BCUT2D eigenvalue weighted by molar-refractivity contribution is 6.07. The Bertz CT molecular complexity index is 3890. The van der Waals surface area contributed by atoms with E-state index in [0.29, 0.717) is 0 Å². The molecule has 0 radical (unpaired) electrons. The minimum atomic E-state index is -0.248. The van der Waals surface area contributed by atoms with E-state index in [1.165, 1.54) is 39.0 Å². The van der Waals surface area contributed by atoms with E-state index in [9.17, 15) is 0 Å². The van der Waals surface area contributed by atoms with E-state index in [0.717, 1.165) is 122 Å². The predicted octanol–water partition coefficient (Wildman–Crippen LogP) is 15.8. The van der Waals surface area contributed by atoms with Gasteiger partial charge >= 0.3 is 0 Å². The standard InChI is InChI=1S/C70H54N6/c1-3-22-45(4-2)61-43-59(46-23-10-5-11-24-46)55-37-39-57-63(73-69(49-29-16-8-17-30-49)75-67(57)65(55)71-61)53-35-20-33-51(41-53)52-34-21-36-54(42-52)64-58-40-38-56-60(47-25-12-6-13-26-47)44-62(48-27-14-7-15-28-48)72-66(56)68(58)76-70(74-64)50-31-18-9-19-32-50/h3-36,41-44,63-64H,1-2,37-40H2,(H,73,75)(H,74,76)/b45-22+. The highest BCUT2D eigenvalue weighted by Crippen LogP contribution is 2.47. The molecule has 4 aliphatic rings. The van der Waals surface area contributed by atoms with Gasteiger partial charge in [0.25, 0.3) is 0 Å². The Hall–Kier alpha value is -9.52. The zero-order valence-electron chi connectivity index (χ0n) is 42.1. The largest absolute Gasteiger partial charge is 0.338 e. The summed E-state index contributed by atoms with van der Waals surface area (Å²) in [6, 6.07) is 74.9. The van der Waals surface area contributed by atoms with Crippen LogP contribution in [0.1, 0.15) is 75.4 Å². The van der Waals surface area contributed by atoms with E-state index in [1.807, 2.05) is 18.2 Å². The molecule has 0 amide bonds. The van der Waals surface area contributed by atoms with Crippen LogP contribution in [0.2, 0.25) is 0 Å². The van der Waals surface area contributed by atoms with Gasteiger partial charge in [-0.2, -0.15) is 0 Å². The lowest BCUT2D eigenvalue weighted by atomic mass is 9.81. The van der Waals surface area contributed by atoms with Gasteiger partial charge in [0.2, 0.25) is 0 Å². The third-order valence-electron chi connectivity index (χ3n) is 15.2. The van der Waals surface area contributed by atoms with Gasteiger partial charge in [-0.15, -0.1) is 0 Å². The second-order valence-electron chi connectivity index (χ2n) is 19.7. The molecule has 2 aliphatic heterocycles. The van der Waals surface area contributed by atoms with Crippen molar-refractivity contribution in [3.63, 3.8) is 0 Å². The molecule has 0 bridgehead atoms. The Morgan fingerprint density at radius 1 is 0.421 bits per heavy atom. The fraction of sp³-hybridized carbons (Fsp3) is 0.0857. The average Bonchev–Trinajstić information content (AvgIpc) is 3.53. The molecule has 2 aromatic heterocycles. The fourth-order valence-electron chi connectivity index (χ4n) is 11.5. The summed E-state index contributed by atoms with van der Waals surface area (Å²) in [5.41, 5.74) is 24.1. The summed E-state index contributed by atoms with van der Waals surface area (Å²) >= 11 is 0. The van der Waals surface area contributed by atoms with Crippen LogP contribution < -0.4 is 10.6 Å². The number of aliphatic imine (C=N–C) groups is 2. The zero-order chi connectivity index (χ0) is 51.0. The summed E-state index contributed by atoms with van der Waals surface area (Å²) in [5, 5.41) is 7.73.